The van der Waals surface area contributed by atoms with E-state index in [1.165, 1.54) is 11.0 Å². The summed E-state index contributed by atoms with van der Waals surface area (Å²) in [6, 6.07) is 12.6. The zero-order chi connectivity index (χ0) is 21.4. The van der Waals surface area contributed by atoms with Crippen LogP contribution < -0.4 is 10.1 Å². The molecule has 8 nitrogen and oxygen atoms in total. The Morgan fingerprint density at radius 1 is 1.17 bits per heavy atom. The van der Waals surface area contributed by atoms with Crippen molar-refractivity contribution in [2.45, 2.75) is 32.9 Å². The third-order valence-corrected chi connectivity index (χ3v) is 4.56. The van der Waals surface area contributed by atoms with Crippen LogP contribution in [0.15, 0.2) is 48.5 Å². The lowest BCUT2D eigenvalue weighted by molar-refractivity contribution is -0.385. The molecular formula is C21H25N3O5. The maximum Gasteiger partial charge on any atom is 0.273 e. The minimum Gasteiger partial charge on any atom is -0.497 e. The van der Waals surface area contributed by atoms with E-state index in [2.05, 4.69) is 5.32 Å². The third-order valence-electron chi connectivity index (χ3n) is 4.56. The lowest BCUT2D eigenvalue weighted by Crippen LogP contribution is -2.48. The number of carbonyl (C=O) groups is 2. The summed E-state index contributed by atoms with van der Waals surface area (Å²) in [4.78, 5) is 37.6. The first-order valence-electron chi connectivity index (χ1n) is 9.29. The first kappa shape index (κ1) is 21.9. The third kappa shape index (κ3) is 5.78. The van der Waals surface area contributed by atoms with Crippen molar-refractivity contribution in [1.29, 1.82) is 0 Å². The number of nitro benzene ring substituents is 1. The Labute approximate surface area is 169 Å². The van der Waals surface area contributed by atoms with Gasteiger partial charge in [-0.2, -0.15) is 0 Å². The van der Waals surface area contributed by atoms with E-state index in [-0.39, 0.29) is 30.5 Å². The van der Waals surface area contributed by atoms with E-state index in [1.54, 1.807) is 51.3 Å². The topological polar surface area (TPSA) is 102 Å². The number of amides is 2. The van der Waals surface area contributed by atoms with Crippen molar-refractivity contribution in [1.82, 2.24) is 10.2 Å². The number of methoxy groups -OCH3 is 1. The van der Waals surface area contributed by atoms with Crippen molar-refractivity contribution in [3.05, 3.63) is 69.8 Å². The average molecular weight is 399 g/mol. The molecule has 1 N–H and O–H groups in total. The predicted octanol–water partition coefficient (Wildman–Crippen LogP) is 2.70. The highest BCUT2D eigenvalue weighted by Gasteiger charge is 2.27. The van der Waals surface area contributed by atoms with Gasteiger partial charge in [-0.05, 0) is 31.5 Å². The molecular weight excluding hydrogens is 374 g/mol. The first-order chi connectivity index (χ1) is 13.9. The molecule has 0 heterocycles. The molecule has 154 valence electrons. The Morgan fingerprint density at radius 3 is 2.41 bits per heavy atom. The van der Waals surface area contributed by atoms with Crippen LogP contribution in [0.5, 0.6) is 5.75 Å². The second-order valence-corrected chi connectivity index (χ2v) is 6.50. The van der Waals surface area contributed by atoms with Gasteiger partial charge in [0.25, 0.3) is 5.69 Å². The summed E-state index contributed by atoms with van der Waals surface area (Å²) in [5.41, 5.74) is 1.01. The van der Waals surface area contributed by atoms with Crippen LogP contribution >= 0.6 is 0 Å². The molecule has 2 rings (SSSR count). The summed E-state index contributed by atoms with van der Waals surface area (Å²) < 4.78 is 5.15. The monoisotopic (exact) mass is 399 g/mol. The molecule has 8 heteroatoms. The van der Waals surface area contributed by atoms with Gasteiger partial charge in [-0.25, -0.2) is 0 Å². The molecule has 0 unspecified atom stereocenters. The largest absolute Gasteiger partial charge is 0.497 e. The zero-order valence-electron chi connectivity index (χ0n) is 16.8. The number of likely N-dealkylation sites (N-methyl/N-ethyl adjacent to an activating group) is 1. The van der Waals surface area contributed by atoms with Gasteiger partial charge < -0.3 is 15.0 Å². The molecule has 0 aromatic heterocycles. The Hall–Kier alpha value is -3.42. The lowest BCUT2D eigenvalue weighted by Gasteiger charge is -2.28. The van der Waals surface area contributed by atoms with E-state index in [1.807, 2.05) is 12.1 Å². The molecule has 0 aliphatic heterocycles. The Morgan fingerprint density at radius 2 is 1.83 bits per heavy atom. The van der Waals surface area contributed by atoms with Gasteiger partial charge in [-0.1, -0.05) is 30.3 Å². The van der Waals surface area contributed by atoms with Crippen LogP contribution in [0.3, 0.4) is 0 Å². The van der Waals surface area contributed by atoms with E-state index in [4.69, 9.17) is 4.74 Å². The minimum atomic E-state index is -0.729. The molecule has 0 spiro atoms. The highest BCUT2D eigenvalue weighted by molar-refractivity contribution is 5.88. The van der Waals surface area contributed by atoms with Crippen LogP contribution in [0, 0.1) is 10.1 Å². The summed E-state index contributed by atoms with van der Waals surface area (Å²) in [6.07, 6.45) is -0.170. The van der Waals surface area contributed by atoms with E-state index < -0.39 is 11.0 Å². The molecule has 0 bridgehead atoms. The SMILES string of the molecule is CCNC(=O)[C@H](C)N(Cc1ccc(OC)cc1)C(=O)Cc1ccccc1[N+](=O)[O-]. The highest BCUT2D eigenvalue weighted by atomic mass is 16.6. The number of para-hydroxylation sites is 1. The summed E-state index contributed by atoms with van der Waals surface area (Å²) in [5, 5.41) is 14.0. The fraction of sp³-hybridized carbons (Fsp3) is 0.333. The summed E-state index contributed by atoms with van der Waals surface area (Å²) in [6.45, 7) is 4.08. The molecule has 0 radical (unpaired) electrons. The second kappa shape index (κ2) is 10.2. The first-order valence-corrected chi connectivity index (χ1v) is 9.29. The smallest absolute Gasteiger partial charge is 0.273 e. The zero-order valence-corrected chi connectivity index (χ0v) is 16.8. The molecule has 1 atom stereocenters. The van der Waals surface area contributed by atoms with Crippen molar-refractivity contribution in [3.8, 4) is 5.75 Å². The van der Waals surface area contributed by atoms with Gasteiger partial charge in [-0.15, -0.1) is 0 Å². The summed E-state index contributed by atoms with van der Waals surface area (Å²) in [5.74, 6) is 0.0362. The van der Waals surface area contributed by atoms with Gasteiger partial charge in [0.2, 0.25) is 11.8 Å². The predicted molar refractivity (Wildman–Crippen MR) is 108 cm³/mol. The van der Waals surface area contributed by atoms with Crippen LogP contribution in [0.1, 0.15) is 25.0 Å². The van der Waals surface area contributed by atoms with Crippen LogP contribution in [-0.4, -0.2) is 41.3 Å². The maximum atomic E-state index is 13.1. The number of nitrogens with zero attached hydrogens (tertiary/aromatic N) is 2. The molecule has 0 saturated carbocycles. The Kier molecular flexibility index (Phi) is 7.70. The second-order valence-electron chi connectivity index (χ2n) is 6.50. The molecule has 29 heavy (non-hydrogen) atoms. The quantitative estimate of drug-likeness (QED) is 0.516. The van der Waals surface area contributed by atoms with Crippen LogP contribution in [0.4, 0.5) is 5.69 Å². The molecule has 0 saturated heterocycles. The van der Waals surface area contributed by atoms with Crippen molar-refractivity contribution in [3.63, 3.8) is 0 Å². The Balaban J connectivity index is 2.29. The van der Waals surface area contributed by atoms with Gasteiger partial charge in [0.1, 0.15) is 11.8 Å². The number of hydrogen-bond acceptors (Lipinski definition) is 5. The number of carbonyl (C=O) groups excluding carboxylic acids is 2. The molecule has 0 aliphatic rings. The number of rotatable bonds is 9. The van der Waals surface area contributed by atoms with E-state index in [9.17, 15) is 19.7 Å². The standard InChI is InChI=1S/C21H25N3O5/c1-4-22-21(26)15(2)23(14-16-9-11-18(29-3)12-10-16)20(25)13-17-7-5-6-8-19(17)24(27)28/h5-12,15H,4,13-14H2,1-3H3,(H,22,26)/t15-/m0/s1. The summed E-state index contributed by atoms with van der Waals surface area (Å²) in [7, 11) is 1.56. The number of ether oxygens (including phenoxy) is 1. The molecule has 0 fully saturated rings. The fourth-order valence-electron chi connectivity index (χ4n) is 2.94. The van der Waals surface area contributed by atoms with Crippen molar-refractivity contribution in [2.24, 2.45) is 0 Å². The van der Waals surface area contributed by atoms with Gasteiger partial charge in [0, 0.05) is 24.7 Å². The Bertz CT molecular complexity index is 867. The number of nitrogens with one attached hydrogen (secondary N) is 1. The van der Waals surface area contributed by atoms with Crippen molar-refractivity contribution in [2.75, 3.05) is 13.7 Å². The summed E-state index contributed by atoms with van der Waals surface area (Å²) >= 11 is 0. The molecule has 2 amide bonds. The lowest BCUT2D eigenvalue weighted by atomic mass is 10.1. The maximum absolute atomic E-state index is 13.1. The minimum absolute atomic E-state index is 0.115. The van der Waals surface area contributed by atoms with Gasteiger partial charge in [0.15, 0.2) is 0 Å². The number of nitro groups is 1. The number of benzene rings is 2. The van der Waals surface area contributed by atoms with Crippen molar-refractivity contribution < 1.29 is 19.2 Å². The van der Waals surface area contributed by atoms with Crippen LogP contribution in [0.2, 0.25) is 0 Å². The normalized spacial score (nSPS) is 11.4. The van der Waals surface area contributed by atoms with E-state index >= 15 is 0 Å². The van der Waals surface area contributed by atoms with E-state index in [0.29, 0.717) is 17.9 Å². The van der Waals surface area contributed by atoms with Gasteiger partial charge in [-0.3, -0.25) is 19.7 Å². The van der Waals surface area contributed by atoms with E-state index in [0.717, 1.165) is 5.56 Å². The average Bonchev–Trinajstić information content (AvgIpc) is 2.72. The number of hydrogen-bond donors (Lipinski definition) is 1. The fourth-order valence-corrected chi connectivity index (χ4v) is 2.94. The van der Waals surface area contributed by atoms with Crippen molar-refractivity contribution >= 4 is 17.5 Å². The van der Waals surface area contributed by atoms with Crippen LogP contribution in [0.25, 0.3) is 0 Å². The molecule has 0 aliphatic carbocycles. The van der Waals surface area contributed by atoms with Gasteiger partial charge in [0.05, 0.1) is 18.5 Å². The molecule has 2 aromatic carbocycles. The molecule has 2 aromatic rings. The van der Waals surface area contributed by atoms with Crippen LogP contribution in [-0.2, 0) is 22.6 Å². The van der Waals surface area contributed by atoms with Gasteiger partial charge >= 0.3 is 0 Å². The highest BCUT2D eigenvalue weighted by Crippen LogP contribution is 2.21.